The number of methoxy groups -OCH3 is 1. The fraction of sp³-hybridized carbons (Fsp3) is 0.158. The molecule has 0 aliphatic heterocycles. The molecule has 7 heteroatoms. The number of nitrogens with zero attached hydrogens (tertiary/aromatic N) is 3. The molecular formula is C19H17FN4O2. The van der Waals surface area contributed by atoms with Crippen LogP contribution in [0.15, 0.2) is 48.5 Å². The number of nitrogens with two attached hydrogens (primary N) is 1. The van der Waals surface area contributed by atoms with Gasteiger partial charge in [0, 0.05) is 0 Å². The summed E-state index contributed by atoms with van der Waals surface area (Å²) in [7, 11) is 1.59. The fourth-order valence-electron chi connectivity index (χ4n) is 2.50. The average Bonchev–Trinajstić information content (AvgIpc) is 2.95. The molecule has 1 heterocycles. The minimum Gasteiger partial charge on any atom is -0.497 e. The number of aromatic nitrogens is 2. The van der Waals surface area contributed by atoms with E-state index in [-0.39, 0.29) is 36.2 Å². The second-order valence-electron chi connectivity index (χ2n) is 5.60. The lowest BCUT2D eigenvalue weighted by Gasteiger charge is -2.06. The molecule has 0 fully saturated rings. The lowest BCUT2D eigenvalue weighted by atomic mass is 10.2. The van der Waals surface area contributed by atoms with E-state index >= 15 is 0 Å². The molecule has 1 aromatic heterocycles. The van der Waals surface area contributed by atoms with Crippen molar-refractivity contribution in [1.82, 2.24) is 9.78 Å². The van der Waals surface area contributed by atoms with Gasteiger partial charge in [0.2, 0.25) is 0 Å². The molecule has 0 aliphatic rings. The third-order valence-electron chi connectivity index (χ3n) is 3.80. The monoisotopic (exact) mass is 352 g/mol. The first-order valence-corrected chi connectivity index (χ1v) is 7.87. The molecule has 2 N–H and O–H groups in total. The van der Waals surface area contributed by atoms with Crippen molar-refractivity contribution >= 4 is 5.82 Å². The second-order valence-corrected chi connectivity index (χ2v) is 5.60. The van der Waals surface area contributed by atoms with E-state index in [2.05, 4.69) is 5.10 Å². The molecule has 0 saturated carbocycles. The van der Waals surface area contributed by atoms with Gasteiger partial charge in [-0.3, -0.25) is 0 Å². The highest BCUT2D eigenvalue weighted by molar-refractivity contribution is 5.55. The summed E-state index contributed by atoms with van der Waals surface area (Å²) in [6.07, 6.45) is 0. The van der Waals surface area contributed by atoms with E-state index in [1.807, 2.05) is 30.3 Å². The van der Waals surface area contributed by atoms with Crippen LogP contribution in [0.2, 0.25) is 0 Å². The van der Waals surface area contributed by atoms with Gasteiger partial charge in [0.05, 0.1) is 13.7 Å². The number of nitriles is 1. The molecule has 0 atom stereocenters. The lowest BCUT2D eigenvalue weighted by molar-refractivity contribution is 0.288. The Morgan fingerprint density at radius 3 is 2.69 bits per heavy atom. The Bertz CT molecular complexity index is 962. The number of benzene rings is 2. The SMILES string of the molecule is COc1cccc(COc2nn(Cc3cccc(F)c3)c(N)c2C#N)c1. The molecule has 0 aliphatic carbocycles. The number of rotatable bonds is 6. The summed E-state index contributed by atoms with van der Waals surface area (Å²) >= 11 is 0. The van der Waals surface area contributed by atoms with Crippen LogP contribution in [0.3, 0.4) is 0 Å². The standard InChI is InChI=1S/C19H17FN4O2/c1-25-16-7-3-5-14(9-16)12-26-19-17(10-21)18(22)24(23-19)11-13-4-2-6-15(20)8-13/h2-9H,11-12,22H2,1H3. The molecule has 0 spiro atoms. The van der Waals surface area contributed by atoms with Gasteiger partial charge < -0.3 is 15.2 Å². The van der Waals surface area contributed by atoms with Gasteiger partial charge in [-0.1, -0.05) is 24.3 Å². The van der Waals surface area contributed by atoms with Gasteiger partial charge in [-0.15, -0.1) is 5.10 Å². The van der Waals surface area contributed by atoms with E-state index in [1.54, 1.807) is 19.2 Å². The summed E-state index contributed by atoms with van der Waals surface area (Å²) in [6.45, 7) is 0.448. The van der Waals surface area contributed by atoms with Gasteiger partial charge >= 0.3 is 0 Å². The molecule has 26 heavy (non-hydrogen) atoms. The van der Waals surface area contributed by atoms with Crippen molar-refractivity contribution in [2.45, 2.75) is 13.2 Å². The minimum absolute atomic E-state index is 0.143. The molecule has 0 amide bonds. The molecule has 132 valence electrons. The van der Waals surface area contributed by atoms with Crippen LogP contribution in [0.25, 0.3) is 0 Å². The van der Waals surface area contributed by atoms with Crippen molar-refractivity contribution in [3.63, 3.8) is 0 Å². The molecule has 0 unspecified atom stereocenters. The molecule has 0 bridgehead atoms. The zero-order valence-electron chi connectivity index (χ0n) is 14.1. The van der Waals surface area contributed by atoms with E-state index in [1.165, 1.54) is 16.8 Å². The van der Waals surface area contributed by atoms with Crippen LogP contribution in [0.4, 0.5) is 10.2 Å². The number of anilines is 1. The number of nitrogen functional groups attached to an aromatic ring is 1. The van der Waals surface area contributed by atoms with Gasteiger partial charge in [-0.05, 0) is 35.4 Å². The maximum Gasteiger partial charge on any atom is 0.253 e. The van der Waals surface area contributed by atoms with E-state index < -0.39 is 0 Å². The van der Waals surface area contributed by atoms with E-state index in [0.717, 1.165) is 5.56 Å². The van der Waals surface area contributed by atoms with Crippen LogP contribution < -0.4 is 15.2 Å². The third kappa shape index (κ3) is 3.75. The summed E-state index contributed by atoms with van der Waals surface area (Å²) in [5, 5.41) is 13.6. The minimum atomic E-state index is -0.344. The Labute approximate surface area is 150 Å². The molecular weight excluding hydrogens is 335 g/mol. The van der Waals surface area contributed by atoms with Crippen LogP contribution in [-0.2, 0) is 13.2 Å². The zero-order valence-corrected chi connectivity index (χ0v) is 14.1. The molecule has 2 aromatic carbocycles. The van der Waals surface area contributed by atoms with Crippen molar-refractivity contribution < 1.29 is 13.9 Å². The Morgan fingerprint density at radius 1 is 1.19 bits per heavy atom. The average molecular weight is 352 g/mol. The van der Waals surface area contributed by atoms with Gasteiger partial charge in [-0.2, -0.15) is 5.26 Å². The molecule has 6 nitrogen and oxygen atoms in total. The van der Waals surface area contributed by atoms with Crippen LogP contribution in [0.1, 0.15) is 16.7 Å². The number of hydrogen-bond donors (Lipinski definition) is 1. The first-order valence-electron chi connectivity index (χ1n) is 7.87. The van der Waals surface area contributed by atoms with Crippen LogP contribution in [0, 0.1) is 17.1 Å². The summed E-state index contributed by atoms with van der Waals surface area (Å²) < 4.78 is 25.6. The lowest BCUT2D eigenvalue weighted by Crippen LogP contribution is -2.06. The first-order chi connectivity index (χ1) is 12.6. The maximum absolute atomic E-state index is 13.3. The molecule has 0 radical (unpaired) electrons. The molecule has 3 rings (SSSR count). The smallest absolute Gasteiger partial charge is 0.253 e. The largest absolute Gasteiger partial charge is 0.497 e. The summed E-state index contributed by atoms with van der Waals surface area (Å²) in [5.74, 6) is 0.688. The van der Waals surface area contributed by atoms with Crippen molar-refractivity contribution in [2.75, 3.05) is 12.8 Å². The van der Waals surface area contributed by atoms with Crippen molar-refractivity contribution in [3.8, 4) is 17.7 Å². The molecule has 3 aromatic rings. The van der Waals surface area contributed by atoms with Crippen molar-refractivity contribution in [1.29, 1.82) is 5.26 Å². The highest BCUT2D eigenvalue weighted by Crippen LogP contribution is 2.25. The summed E-state index contributed by atoms with van der Waals surface area (Å²) in [5.41, 5.74) is 7.71. The highest BCUT2D eigenvalue weighted by Gasteiger charge is 2.17. The Hall–Kier alpha value is -3.53. The third-order valence-corrected chi connectivity index (χ3v) is 3.80. The number of ether oxygens (including phenoxy) is 2. The van der Waals surface area contributed by atoms with Crippen LogP contribution in [0.5, 0.6) is 11.6 Å². The predicted molar refractivity (Wildman–Crippen MR) is 94.2 cm³/mol. The Morgan fingerprint density at radius 2 is 1.96 bits per heavy atom. The topological polar surface area (TPSA) is 86.1 Å². The van der Waals surface area contributed by atoms with Gasteiger partial charge in [0.1, 0.15) is 30.1 Å². The van der Waals surface area contributed by atoms with Crippen molar-refractivity contribution in [3.05, 3.63) is 71.0 Å². The number of halogens is 1. The quantitative estimate of drug-likeness (QED) is 0.737. The second kappa shape index (κ2) is 7.57. The van der Waals surface area contributed by atoms with Gasteiger partial charge in [0.15, 0.2) is 5.56 Å². The van der Waals surface area contributed by atoms with E-state index in [4.69, 9.17) is 15.2 Å². The van der Waals surface area contributed by atoms with Crippen LogP contribution in [-0.4, -0.2) is 16.9 Å². The molecule has 0 saturated heterocycles. The Balaban J connectivity index is 1.80. The normalized spacial score (nSPS) is 10.3. The predicted octanol–water partition coefficient (Wildman–Crippen LogP) is 3.11. The van der Waals surface area contributed by atoms with Crippen molar-refractivity contribution in [2.24, 2.45) is 0 Å². The highest BCUT2D eigenvalue weighted by atomic mass is 19.1. The fourth-order valence-corrected chi connectivity index (χ4v) is 2.50. The van der Waals surface area contributed by atoms with E-state index in [0.29, 0.717) is 11.3 Å². The summed E-state index contributed by atoms with van der Waals surface area (Å²) in [6, 6.07) is 15.5. The Kier molecular flexibility index (Phi) is 5.04. The van der Waals surface area contributed by atoms with Gasteiger partial charge in [0.25, 0.3) is 5.88 Å². The number of hydrogen-bond acceptors (Lipinski definition) is 5. The summed E-state index contributed by atoms with van der Waals surface area (Å²) in [4.78, 5) is 0. The first kappa shape index (κ1) is 17.3. The maximum atomic E-state index is 13.3. The zero-order chi connectivity index (χ0) is 18.5. The van der Waals surface area contributed by atoms with Crippen LogP contribution >= 0.6 is 0 Å². The van der Waals surface area contributed by atoms with E-state index in [9.17, 15) is 9.65 Å². The van der Waals surface area contributed by atoms with Gasteiger partial charge in [-0.25, -0.2) is 9.07 Å².